The molecule has 218 valence electrons. The molecule has 0 aromatic heterocycles. The predicted octanol–water partition coefficient (Wildman–Crippen LogP) is 7.07. The van der Waals surface area contributed by atoms with Crippen molar-refractivity contribution in [3.05, 3.63) is 63.4 Å². The Morgan fingerprint density at radius 1 is 1.13 bits per heavy atom. The van der Waals surface area contributed by atoms with Gasteiger partial charge in [-0.25, -0.2) is 4.39 Å². The van der Waals surface area contributed by atoms with Gasteiger partial charge in [-0.2, -0.15) is 0 Å². The summed E-state index contributed by atoms with van der Waals surface area (Å²) in [7, 11) is 0. The maximum atomic E-state index is 14.0. The number of hydrogen-bond donors (Lipinski definition) is 4. The molecule has 1 aliphatic rings. The summed E-state index contributed by atoms with van der Waals surface area (Å²) in [5.41, 5.74) is 1.55. The first-order valence-electron chi connectivity index (χ1n) is 13.3. The first-order chi connectivity index (χ1) is 18.1. The normalized spacial score (nSPS) is 19.6. The molecular weight excluding hydrogens is 540 g/mol. The second-order valence-electron chi connectivity index (χ2n) is 11.5. The smallest absolute Gasteiger partial charge is 0.237 e. The van der Waals surface area contributed by atoms with Crippen LogP contribution in [0, 0.1) is 11.2 Å². The lowest BCUT2D eigenvalue weighted by Gasteiger charge is -2.42. The quantitative estimate of drug-likeness (QED) is 0.237. The first-order valence-corrected chi connectivity index (χ1v) is 14.0. The molecule has 2 atom stereocenters. The third-order valence-electron chi connectivity index (χ3n) is 5.71. The highest BCUT2D eigenvalue weighted by molar-refractivity contribution is 6.31. The van der Waals surface area contributed by atoms with Crippen molar-refractivity contribution >= 4 is 41.2 Å². The van der Waals surface area contributed by atoms with Gasteiger partial charge in [-0.15, -0.1) is 0 Å². The van der Waals surface area contributed by atoms with Gasteiger partial charge in [-0.1, -0.05) is 77.7 Å². The van der Waals surface area contributed by atoms with Gasteiger partial charge in [-0.05, 0) is 66.6 Å². The molecule has 2 aromatic rings. The zero-order valence-corrected chi connectivity index (χ0v) is 25.8. The Hall–Kier alpha value is -2.19. The summed E-state index contributed by atoms with van der Waals surface area (Å²) in [6.07, 6.45) is 1.49. The summed E-state index contributed by atoms with van der Waals surface area (Å²) in [5.74, 6) is -1.17. The summed E-state index contributed by atoms with van der Waals surface area (Å²) < 4.78 is 14.0. The molecule has 2 aromatic carbocycles. The minimum Gasteiger partial charge on any atom is -0.390 e. The van der Waals surface area contributed by atoms with Crippen LogP contribution in [0.25, 0.3) is 0 Å². The van der Waals surface area contributed by atoms with Gasteiger partial charge < -0.3 is 21.1 Å². The molecule has 0 radical (unpaired) electrons. The highest BCUT2D eigenvalue weighted by atomic mass is 35.5. The highest BCUT2D eigenvalue weighted by Crippen LogP contribution is 2.32. The molecular formula is C30H44Cl2FN3O3. The number of nitrogens with one attached hydrogen (secondary N) is 3. The van der Waals surface area contributed by atoms with Gasteiger partial charge in [0.25, 0.3) is 0 Å². The number of rotatable bonds is 9. The van der Waals surface area contributed by atoms with Crippen LogP contribution < -0.4 is 16.0 Å². The van der Waals surface area contributed by atoms with Crippen molar-refractivity contribution in [2.75, 3.05) is 5.32 Å². The molecule has 0 heterocycles. The fraction of sp³-hybridized carbons (Fsp3) is 0.533. The average molecular weight is 585 g/mol. The van der Waals surface area contributed by atoms with E-state index in [0.29, 0.717) is 40.9 Å². The molecule has 0 saturated heterocycles. The van der Waals surface area contributed by atoms with Gasteiger partial charge in [0.15, 0.2) is 0 Å². The van der Waals surface area contributed by atoms with Crippen LogP contribution in [0.2, 0.25) is 10.0 Å². The second kappa shape index (κ2) is 15.6. The fourth-order valence-electron chi connectivity index (χ4n) is 4.04. The predicted molar refractivity (Wildman–Crippen MR) is 160 cm³/mol. The van der Waals surface area contributed by atoms with E-state index in [1.807, 2.05) is 20.8 Å². The van der Waals surface area contributed by atoms with E-state index >= 15 is 0 Å². The van der Waals surface area contributed by atoms with Gasteiger partial charge in [0.1, 0.15) is 5.82 Å². The molecule has 1 fully saturated rings. The Bertz CT molecular complexity index is 1060. The summed E-state index contributed by atoms with van der Waals surface area (Å²) in [6, 6.07) is 8.40. The van der Waals surface area contributed by atoms with E-state index in [-0.39, 0.29) is 23.5 Å². The van der Waals surface area contributed by atoms with Crippen LogP contribution in [0.5, 0.6) is 0 Å². The molecule has 0 aliphatic heterocycles. The van der Waals surface area contributed by atoms with E-state index in [1.54, 1.807) is 31.2 Å². The lowest BCUT2D eigenvalue weighted by Crippen LogP contribution is -2.57. The molecule has 3 rings (SSSR count). The number of aliphatic hydroxyl groups is 1. The van der Waals surface area contributed by atoms with Crippen molar-refractivity contribution in [2.24, 2.45) is 5.41 Å². The minimum absolute atomic E-state index is 0.132. The summed E-state index contributed by atoms with van der Waals surface area (Å²) >= 11 is 12.0. The van der Waals surface area contributed by atoms with Crippen LogP contribution in [-0.2, 0) is 16.1 Å². The van der Waals surface area contributed by atoms with Gasteiger partial charge in [0.05, 0.1) is 11.6 Å². The monoisotopic (exact) mass is 583 g/mol. The molecule has 1 unspecified atom stereocenters. The van der Waals surface area contributed by atoms with Gasteiger partial charge in [0.2, 0.25) is 12.3 Å². The number of halogens is 3. The first kappa shape index (κ1) is 34.8. The third kappa shape index (κ3) is 12.7. The molecule has 0 bridgehead atoms. The van der Waals surface area contributed by atoms with Gasteiger partial charge in [0, 0.05) is 34.2 Å². The lowest BCUT2D eigenvalue weighted by atomic mass is 9.77. The summed E-state index contributed by atoms with van der Waals surface area (Å²) in [6.45, 7) is 16.5. The number of hydrogen-bond acceptors (Lipinski definition) is 4. The summed E-state index contributed by atoms with van der Waals surface area (Å²) in [4.78, 5) is 24.1. The number of benzene rings is 2. The van der Waals surface area contributed by atoms with Crippen LogP contribution in [0.4, 0.5) is 10.1 Å². The van der Waals surface area contributed by atoms with Crippen LogP contribution in [0.1, 0.15) is 85.3 Å². The molecule has 39 heavy (non-hydrogen) atoms. The zero-order valence-electron chi connectivity index (χ0n) is 24.3. The largest absolute Gasteiger partial charge is 0.390 e. The molecule has 4 N–H and O–H groups in total. The Balaban J connectivity index is 0.000000975. The SMILES string of the molecule is CC.CC(C)(C)C.CC(c1cc(F)cc(Cl)c1)[C@@H](NCc1ccc(Cl)cc1NC=O)C(=O)NC1CC(C)(O)C1. The molecule has 1 saturated carbocycles. The van der Waals surface area contributed by atoms with Gasteiger partial charge >= 0.3 is 0 Å². The Morgan fingerprint density at radius 3 is 2.23 bits per heavy atom. The second-order valence-corrected chi connectivity index (χ2v) is 12.4. The van der Waals surface area contributed by atoms with Crippen LogP contribution in [0.3, 0.4) is 0 Å². The Labute approximate surface area is 243 Å². The lowest BCUT2D eigenvalue weighted by molar-refractivity contribution is -0.127. The van der Waals surface area contributed by atoms with E-state index in [9.17, 15) is 19.1 Å². The molecule has 2 amide bonds. The van der Waals surface area contributed by atoms with E-state index in [0.717, 1.165) is 5.56 Å². The Kier molecular flexibility index (Phi) is 13.9. The minimum atomic E-state index is -0.777. The van der Waals surface area contributed by atoms with Crippen LogP contribution >= 0.6 is 23.2 Å². The number of carbonyl (C=O) groups excluding carboxylic acids is 2. The number of amides is 2. The topological polar surface area (TPSA) is 90.5 Å². The van der Waals surface area contributed by atoms with Crippen molar-refractivity contribution < 1.29 is 19.1 Å². The molecule has 0 spiro atoms. The molecule has 1 aliphatic carbocycles. The van der Waals surface area contributed by atoms with Crippen LogP contribution in [-0.4, -0.2) is 35.1 Å². The van der Waals surface area contributed by atoms with E-state index in [2.05, 4.69) is 43.6 Å². The van der Waals surface area contributed by atoms with Crippen molar-refractivity contribution in [3.8, 4) is 0 Å². The average Bonchev–Trinajstić information content (AvgIpc) is 2.79. The summed E-state index contributed by atoms with van der Waals surface area (Å²) in [5, 5.41) is 19.5. The molecule has 6 nitrogen and oxygen atoms in total. The van der Waals surface area contributed by atoms with Crippen molar-refractivity contribution in [2.45, 2.75) is 98.4 Å². The van der Waals surface area contributed by atoms with Crippen molar-refractivity contribution in [1.82, 2.24) is 10.6 Å². The standard InChI is InChI=1S/C23H26Cl2FN3O3.C5H12.C2H6/c1-13(15-5-17(25)7-18(26)6-15)21(22(31)29-19-9-23(2,32)10-19)27-11-14-3-4-16(24)8-20(14)28-12-30;1-5(2,3)4;1-2/h3-8,12-13,19,21,27,32H,9-11H2,1-2H3,(H,28,30)(H,29,31);1-4H3;1-2H3/t13?,19?,21-,23?;;/m1../s1. The maximum Gasteiger partial charge on any atom is 0.237 e. The zero-order chi connectivity index (χ0) is 30.0. The highest BCUT2D eigenvalue weighted by Gasteiger charge is 2.40. The van der Waals surface area contributed by atoms with E-state index in [1.165, 1.54) is 12.1 Å². The molecule has 9 heteroatoms. The van der Waals surface area contributed by atoms with Crippen LogP contribution in [0.15, 0.2) is 36.4 Å². The van der Waals surface area contributed by atoms with Gasteiger partial charge in [-0.3, -0.25) is 9.59 Å². The number of anilines is 1. The van der Waals surface area contributed by atoms with Crippen molar-refractivity contribution in [1.29, 1.82) is 0 Å². The third-order valence-corrected chi connectivity index (χ3v) is 6.16. The van der Waals surface area contributed by atoms with Crippen molar-refractivity contribution in [3.63, 3.8) is 0 Å². The number of carbonyl (C=O) groups is 2. The van der Waals surface area contributed by atoms with E-state index in [4.69, 9.17) is 23.2 Å². The van der Waals surface area contributed by atoms with E-state index < -0.39 is 23.4 Å². The maximum absolute atomic E-state index is 14.0. The fourth-order valence-corrected chi connectivity index (χ4v) is 4.44. The Morgan fingerprint density at radius 2 is 1.72 bits per heavy atom.